The highest BCUT2D eigenvalue weighted by Gasteiger charge is 2.28. The summed E-state index contributed by atoms with van der Waals surface area (Å²) in [4.78, 5) is 12.9. The lowest BCUT2D eigenvalue weighted by Gasteiger charge is -2.13. The minimum absolute atomic E-state index is 0.0611. The Bertz CT molecular complexity index is 195. The molecule has 0 aromatic rings. The summed E-state index contributed by atoms with van der Waals surface area (Å²) in [5.74, 6) is 0.0763. The Morgan fingerprint density at radius 2 is 2.55 bits per heavy atom. The Kier molecular flexibility index (Phi) is 2.48. The highest BCUT2D eigenvalue weighted by Crippen LogP contribution is 2.16. The summed E-state index contributed by atoms with van der Waals surface area (Å²) in [5, 5.41) is 8.54. The maximum absolute atomic E-state index is 11.1. The van der Waals surface area contributed by atoms with E-state index in [-0.39, 0.29) is 11.8 Å². The Hall–Kier alpha value is -1.04. The van der Waals surface area contributed by atoms with Gasteiger partial charge in [-0.05, 0) is 6.42 Å². The molecule has 1 atom stereocenters. The molecule has 1 aliphatic heterocycles. The molecule has 1 fully saturated rings. The van der Waals surface area contributed by atoms with Crippen LogP contribution in [-0.4, -0.2) is 23.9 Å². The second-order valence-corrected chi connectivity index (χ2v) is 2.87. The van der Waals surface area contributed by atoms with Crippen molar-refractivity contribution in [1.29, 1.82) is 5.26 Å². The first-order valence-corrected chi connectivity index (χ1v) is 3.95. The van der Waals surface area contributed by atoms with Crippen molar-refractivity contribution < 1.29 is 4.79 Å². The third-order valence-electron chi connectivity index (χ3n) is 1.89. The van der Waals surface area contributed by atoms with Gasteiger partial charge in [-0.1, -0.05) is 6.92 Å². The molecule has 3 heteroatoms. The first-order valence-electron chi connectivity index (χ1n) is 3.95. The van der Waals surface area contributed by atoms with Crippen molar-refractivity contribution in [3.05, 3.63) is 0 Å². The fourth-order valence-corrected chi connectivity index (χ4v) is 1.34. The SMILES string of the molecule is CCCN1CC(C#N)CC1=O. The van der Waals surface area contributed by atoms with Crippen LogP contribution in [0.25, 0.3) is 0 Å². The molecule has 1 amide bonds. The number of amides is 1. The van der Waals surface area contributed by atoms with Crippen LogP contribution in [0.3, 0.4) is 0 Å². The van der Waals surface area contributed by atoms with Crippen LogP contribution in [0.1, 0.15) is 19.8 Å². The minimum atomic E-state index is -0.0611. The van der Waals surface area contributed by atoms with Gasteiger partial charge in [0.25, 0.3) is 0 Å². The van der Waals surface area contributed by atoms with E-state index in [4.69, 9.17) is 5.26 Å². The third-order valence-corrected chi connectivity index (χ3v) is 1.89. The molecule has 3 nitrogen and oxygen atoms in total. The zero-order chi connectivity index (χ0) is 8.27. The summed E-state index contributed by atoms with van der Waals surface area (Å²) in [6.45, 7) is 3.48. The number of likely N-dealkylation sites (tertiary alicyclic amines) is 1. The molecule has 1 saturated heterocycles. The van der Waals surface area contributed by atoms with E-state index in [1.807, 2.05) is 6.92 Å². The van der Waals surface area contributed by atoms with Gasteiger partial charge in [0.2, 0.25) is 5.91 Å². The summed E-state index contributed by atoms with van der Waals surface area (Å²) in [5.41, 5.74) is 0. The monoisotopic (exact) mass is 152 g/mol. The maximum atomic E-state index is 11.1. The molecular weight excluding hydrogens is 140 g/mol. The average Bonchev–Trinajstić information content (AvgIpc) is 2.33. The molecule has 1 heterocycles. The van der Waals surface area contributed by atoms with E-state index in [0.717, 1.165) is 13.0 Å². The topological polar surface area (TPSA) is 44.1 Å². The van der Waals surface area contributed by atoms with Crippen molar-refractivity contribution in [2.24, 2.45) is 5.92 Å². The van der Waals surface area contributed by atoms with E-state index in [2.05, 4.69) is 6.07 Å². The average molecular weight is 152 g/mol. The molecule has 0 aliphatic carbocycles. The lowest BCUT2D eigenvalue weighted by molar-refractivity contribution is -0.127. The fraction of sp³-hybridized carbons (Fsp3) is 0.750. The molecule has 1 aliphatic rings. The summed E-state index contributed by atoms with van der Waals surface area (Å²) < 4.78 is 0. The summed E-state index contributed by atoms with van der Waals surface area (Å²) in [7, 11) is 0. The van der Waals surface area contributed by atoms with Crippen LogP contribution in [0, 0.1) is 17.2 Å². The third kappa shape index (κ3) is 1.70. The number of hydrogen-bond donors (Lipinski definition) is 0. The van der Waals surface area contributed by atoms with Gasteiger partial charge in [0.05, 0.1) is 12.0 Å². The number of hydrogen-bond acceptors (Lipinski definition) is 2. The van der Waals surface area contributed by atoms with Gasteiger partial charge in [0.1, 0.15) is 0 Å². The summed E-state index contributed by atoms with van der Waals surface area (Å²) in [6, 6.07) is 2.12. The molecule has 0 spiro atoms. The number of rotatable bonds is 2. The van der Waals surface area contributed by atoms with E-state index in [9.17, 15) is 4.79 Å². The highest BCUT2D eigenvalue weighted by molar-refractivity contribution is 5.79. The molecule has 0 aromatic carbocycles. The second-order valence-electron chi connectivity index (χ2n) is 2.87. The first kappa shape index (κ1) is 8.06. The molecule has 11 heavy (non-hydrogen) atoms. The molecule has 0 bridgehead atoms. The molecule has 0 radical (unpaired) electrons. The standard InChI is InChI=1S/C8H12N2O/c1-2-3-10-6-7(5-9)4-8(10)11/h7H,2-4,6H2,1H3. The van der Waals surface area contributed by atoms with E-state index in [0.29, 0.717) is 13.0 Å². The van der Waals surface area contributed by atoms with Gasteiger partial charge in [0, 0.05) is 19.5 Å². The second kappa shape index (κ2) is 3.38. The van der Waals surface area contributed by atoms with E-state index in [1.165, 1.54) is 0 Å². The lowest BCUT2D eigenvalue weighted by atomic mass is 10.1. The van der Waals surface area contributed by atoms with Gasteiger partial charge in [-0.15, -0.1) is 0 Å². The number of carbonyl (C=O) groups is 1. The van der Waals surface area contributed by atoms with Crippen LogP contribution in [0.5, 0.6) is 0 Å². The first-order chi connectivity index (χ1) is 5.27. The maximum Gasteiger partial charge on any atom is 0.224 e. The van der Waals surface area contributed by atoms with E-state index in [1.54, 1.807) is 4.90 Å². The Balaban J connectivity index is 2.46. The van der Waals surface area contributed by atoms with Crippen LogP contribution in [0.15, 0.2) is 0 Å². The van der Waals surface area contributed by atoms with Crippen LogP contribution >= 0.6 is 0 Å². The molecule has 60 valence electrons. The molecular formula is C8H12N2O. The van der Waals surface area contributed by atoms with Crippen molar-refractivity contribution in [3.63, 3.8) is 0 Å². The number of nitriles is 1. The Labute approximate surface area is 66.6 Å². The largest absolute Gasteiger partial charge is 0.341 e. The van der Waals surface area contributed by atoms with E-state index < -0.39 is 0 Å². The van der Waals surface area contributed by atoms with E-state index >= 15 is 0 Å². The van der Waals surface area contributed by atoms with Crippen molar-refractivity contribution >= 4 is 5.91 Å². The summed E-state index contributed by atoms with van der Waals surface area (Å²) in [6.07, 6.45) is 1.40. The smallest absolute Gasteiger partial charge is 0.224 e. The van der Waals surface area contributed by atoms with Gasteiger partial charge in [-0.25, -0.2) is 0 Å². The van der Waals surface area contributed by atoms with Crippen LogP contribution in [-0.2, 0) is 4.79 Å². The normalized spacial score (nSPS) is 23.8. The van der Waals surface area contributed by atoms with Crippen LogP contribution in [0.2, 0.25) is 0 Å². The predicted molar refractivity (Wildman–Crippen MR) is 40.6 cm³/mol. The minimum Gasteiger partial charge on any atom is -0.341 e. The van der Waals surface area contributed by atoms with Crippen molar-refractivity contribution in [1.82, 2.24) is 4.90 Å². The highest BCUT2D eigenvalue weighted by atomic mass is 16.2. The zero-order valence-corrected chi connectivity index (χ0v) is 6.71. The molecule has 0 saturated carbocycles. The molecule has 1 unspecified atom stereocenters. The van der Waals surface area contributed by atoms with Gasteiger partial charge < -0.3 is 4.90 Å². The number of nitrogens with zero attached hydrogens (tertiary/aromatic N) is 2. The Morgan fingerprint density at radius 3 is 3.00 bits per heavy atom. The fourth-order valence-electron chi connectivity index (χ4n) is 1.34. The lowest BCUT2D eigenvalue weighted by Crippen LogP contribution is -2.25. The van der Waals surface area contributed by atoms with Crippen molar-refractivity contribution in [2.75, 3.05) is 13.1 Å². The zero-order valence-electron chi connectivity index (χ0n) is 6.71. The molecule has 0 aromatic heterocycles. The van der Waals surface area contributed by atoms with Gasteiger partial charge in [-0.2, -0.15) is 5.26 Å². The quantitative estimate of drug-likeness (QED) is 0.586. The van der Waals surface area contributed by atoms with Gasteiger partial charge in [-0.3, -0.25) is 4.79 Å². The van der Waals surface area contributed by atoms with Gasteiger partial charge in [0.15, 0.2) is 0 Å². The summed E-state index contributed by atoms with van der Waals surface area (Å²) >= 11 is 0. The predicted octanol–water partition coefficient (Wildman–Crippen LogP) is 0.768. The molecule has 0 N–H and O–H groups in total. The number of carbonyl (C=O) groups excluding carboxylic acids is 1. The molecule has 1 rings (SSSR count). The Morgan fingerprint density at radius 1 is 1.82 bits per heavy atom. The van der Waals surface area contributed by atoms with Gasteiger partial charge >= 0.3 is 0 Å². The van der Waals surface area contributed by atoms with Crippen molar-refractivity contribution in [2.45, 2.75) is 19.8 Å². The van der Waals surface area contributed by atoms with Crippen LogP contribution < -0.4 is 0 Å². The van der Waals surface area contributed by atoms with Crippen molar-refractivity contribution in [3.8, 4) is 6.07 Å². The van der Waals surface area contributed by atoms with Crippen LogP contribution in [0.4, 0.5) is 0 Å².